The van der Waals surface area contributed by atoms with Gasteiger partial charge in [-0.2, -0.15) is 0 Å². The molecule has 0 saturated heterocycles. The van der Waals surface area contributed by atoms with Crippen molar-refractivity contribution in [3.63, 3.8) is 0 Å². The van der Waals surface area contributed by atoms with E-state index in [1.807, 2.05) is 6.08 Å². The molecule has 33 heavy (non-hydrogen) atoms. The molecule has 1 aromatic carbocycles. The van der Waals surface area contributed by atoms with E-state index in [2.05, 4.69) is 18.6 Å². The number of hydrogen-bond acceptors (Lipinski definition) is 3. The average Bonchev–Trinajstić information content (AvgIpc) is 2.99. The lowest BCUT2D eigenvalue weighted by Gasteiger charge is -2.59. The first-order chi connectivity index (χ1) is 15.5. The highest BCUT2D eigenvalue weighted by atomic mass is 19.4. The van der Waals surface area contributed by atoms with Gasteiger partial charge in [0.05, 0.1) is 6.10 Å². The Morgan fingerprint density at radius 1 is 1.03 bits per heavy atom. The zero-order valence-electron chi connectivity index (χ0n) is 19.3. The van der Waals surface area contributed by atoms with Crippen LogP contribution in [0.25, 0.3) is 6.08 Å². The lowest BCUT2D eigenvalue weighted by molar-refractivity contribution is -0.274. The van der Waals surface area contributed by atoms with Gasteiger partial charge in [0.25, 0.3) is 0 Å². The molecule has 7 atom stereocenters. The van der Waals surface area contributed by atoms with E-state index in [9.17, 15) is 23.1 Å². The maximum atomic E-state index is 13.5. The van der Waals surface area contributed by atoms with E-state index in [4.69, 9.17) is 0 Å². The van der Waals surface area contributed by atoms with Gasteiger partial charge in [0.15, 0.2) is 5.78 Å². The summed E-state index contributed by atoms with van der Waals surface area (Å²) in [4.78, 5) is 13.5. The Morgan fingerprint density at radius 3 is 2.45 bits per heavy atom. The monoisotopic (exact) mass is 462 g/mol. The predicted octanol–water partition coefficient (Wildman–Crippen LogP) is 6.55. The molecule has 3 nitrogen and oxygen atoms in total. The number of Topliss-reactive ketones (excluding diaryl/α,β-unsaturated/α-hetero) is 1. The van der Waals surface area contributed by atoms with E-state index in [-0.39, 0.29) is 28.5 Å². The summed E-state index contributed by atoms with van der Waals surface area (Å²) in [6.07, 6.45) is 4.85. The number of halogens is 3. The van der Waals surface area contributed by atoms with E-state index in [1.165, 1.54) is 12.1 Å². The van der Waals surface area contributed by atoms with E-state index in [1.54, 1.807) is 12.1 Å². The Bertz CT molecular complexity index is 952. The molecule has 0 bridgehead atoms. The molecule has 1 N–H and O–H groups in total. The molecule has 0 heterocycles. The summed E-state index contributed by atoms with van der Waals surface area (Å²) in [5.74, 6) is 2.00. The SMILES string of the molecule is CC12CCC3C(CCC4CC(O)CCC43C)C1C/C(=C/c1ccc(OC(F)(F)F)cc1)C2=O. The van der Waals surface area contributed by atoms with Crippen LogP contribution in [0.4, 0.5) is 13.2 Å². The molecule has 0 aliphatic heterocycles. The fourth-order valence-corrected chi connectivity index (χ4v) is 8.00. The van der Waals surface area contributed by atoms with E-state index in [0.717, 1.165) is 62.5 Å². The molecular weight excluding hydrogens is 429 g/mol. The molecule has 4 fully saturated rings. The van der Waals surface area contributed by atoms with Crippen LogP contribution in [-0.4, -0.2) is 23.4 Å². The molecule has 4 aliphatic carbocycles. The van der Waals surface area contributed by atoms with Crippen LogP contribution >= 0.6 is 0 Å². The van der Waals surface area contributed by atoms with Gasteiger partial charge >= 0.3 is 6.36 Å². The molecule has 4 aliphatic rings. The fraction of sp³-hybridized carbons (Fsp3) is 0.667. The topological polar surface area (TPSA) is 46.5 Å². The van der Waals surface area contributed by atoms with Crippen LogP contribution in [0.3, 0.4) is 0 Å². The standard InChI is InChI=1S/C27H33F3O3/c1-25-11-9-19(31)15-18(25)5-8-21-22(25)10-12-26(2)23(21)14-17(24(26)32)13-16-3-6-20(7-4-16)33-27(28,29)30/h3-4,6-7,13,18-19,21-23,31H,5,8-12,14-15H2,1-2H3/b17-13-. The summed E-state index contributed by atoms with van der Waals surface area (Å²) in [7, 11) is 0. The molecule has 6 heteroatoms. The zero-order chi connectivity index (χ0) is 23.6. The normalized spacial score (nSPS) is 41.9. The minimum atomic E-state index is -4.71. The molecule has 0 amide bonds. The third kappa shape index (κ3) is 3.92. The number of fused-ring (bicyclic) bond motifs is 5. The number of aliphatic hydroxyl groups excluding tert-OH is 1. The summed E-state index contributed by atoms with van der Waals surface area (Å²) >= 11 is 0. The van der Waals surface area contributed by atoms with E-state index < -0.39 is 6.36 Å². The van der Waals surface area contributed by atoms with Crippen LogP contribution < -0.4 is 4.74 Å². The van der Waals surface area contributed by atoms with Crippen molar-refractivity contribution < 1.29 is 27.8 Å². The van der Waals surface area contributed by atoms with Crippen molar-refractivity contribution in [1.82, 2.24) is 0 Å². The van der Waals surface area contributed by atoms with Crippen LogP contribution in [0, 0.1) is 34.5 Å². The maximum Gasteiger partial charge on any atom is 0.573 e. The summed E-state index contributed by atoms with van der Waals surface area (Å²) in [5, 5.41) is 10.2. The number of carbonyl (C=O) groups is 1. The fourth-order valence-electron chi connectivity index (χ4n) is 8.00. The molecular formula is C27H33F3O3. The van der Waals surface area contributed by atoms with Crippen molar-refractivity contribution in [2.45, 2.75) is 77.7 Å². The van der Waals surface area contributed by atoms with E-state index in [0.29, 0.717) is 23.7 Å². The first-order valence-electron chi connectivity index (χ1n) is 12.3. The molecule has 5 rings (SSSR count). The van der Waals surface area contributed by atoms with Crippen molar-refractivity contribution in [2.75, 3.05) is 0 Å². The smallest absolute Gasteiger partial charge is 0.406 e. The second-order valence-corrected chi connectivity index (χ2v) is 11.4. The quantitative estimate of drug-likeness (QED) is 0.507. The third-order valence-electron chi connectivity index (χ3n) is 9.73. The molecule has 0 radical (unpaired) electrons. The maximum absolute atomic E-state index is 13.5. The largest absolute Gasteiger partial charge is 0.573 e. The van der Waals surface area contributed by atoms with Gasteiger partial charge in [-0.05, 0) is 110 Å². The highest BCUT2D eigenvalue weighted by Crippen LogP contribution is 2.66. The predicted molar refractivity (Wildman–Crippen MR) is 119 cm³/mol. The highest BCUT2D eigenvalue weighted by molar-refractivity contribution is 6.05. The number of benzene rings is 1. The number of alkyl halides is 3. The van der Waals surface area contributed by atoms with Crippen molar-refractivity contribution in [3.8, 4) is 5.75 Å². The van der Waals surface area contributed by atoms with E-state index >= 15 is 0 Å². The average molecular weight is 463 g/mol. The highest BCUT2D eigenvalue weighted by Gasteiger charge is 2.61. The molecule has 0 spiro atoms. The lowest BCUT2D eigenvalue weighted by Crippen LogP contribution is -2.54. The minimum absolute atomic E-state index is 0.163. The van der Waals surface area contributed by atoms with Gasteiger partial charge < -0.3 is 9.84 Å². The summed E-state index contributed by atoms with van der Waals surface area (Å²) < 4.78 is 41.2. The van der Waals surface area contributed by atoms with Gasteiger partial charge in [0, 0.05) is 5.41 Å². The summed E-state index contributed by atoms with van der Waals surface area (Å²) in [5.41, 5.74) is 1.44. The molecule has 1 aromatic rings. The van der Waals surface area contributed by atoms with Gasteiger partial charge in [-0.3, -0.25) is 4.79 Å². The number of hydrogen-bond donors (Lipinski definition) is 1. The van der Waals surface area contributed by atoms with Crippen molar-refractivity contribution in [3.05, 3.63) is 35.4 Å². The lowest BCUT2D eigenvalue weighted by atomic mass is 9.45. The molecule has 4 saturated carbocycles. The minimum Gasteiger partial charge on any atom is -0.406 e. The number of aliphatic hydroxyl groups is 1. The Balaban J connectivity index is 1.37. The van der Waals surface area contributed by atoms with Crippen LogP contribution in [-0.2, 0) is 4.79 Å². The van der Waals surface area contributed by atoms with Crippen LogP contribution in [0.5, 0.6) is 5.75 Å². The van der Waals surface area contributed by atoms with Crippen molar-refractivity contribution in [2.24, 2.45) is 34.5 Å². The number of rotatable bonds is 2. The third-order valence-corrected chi connectivity index (χ3v) is 9.73. The summed E-state index contributed by atoms with van der Waals surface area (Å²) in [6, 6.07) is 5.75. The van der Waals surface area contributed by atoms with Crippen molar-refractivity contribution >= 4 is 11.9 Å². The van der Waals surface area contributed by atoms with Gasteiger partial charge in [-0.15, -0.1) is 13.2 Å². The van der Waals surface area contributed by atoms with Crippen LogP contribution in [0.2, 0.25) is 0 Å². The first-order valence-corrected chi connectivity index (χ1v) is 12.3. The Kier molecular flexibility index (Phi) is 5.47. The number of allylic oxidation sites excluding steroid dienone is 1. The Morgan fingerprint density at radius 2 is 1.76 bits per heavy atom. The first kappa shape index (κ1) is 22.9. The second kappa shape index (κ2) is 7.86. The van der Waals surface area contributed by atoms with Crippen molar-refractivity contribution in [1.29, 1.82) is 0 Å². The van der Waals surface area contributed by atoms with Crippen LogP contribution in [0.15, 0.2) is 29.8 Å². The van der Waals surface area contributed by atoms with Crippen LogP contribution in [0.1, 0.15) is 70.8 Å². The number of carbonyl (C=O) groups excluding carboxylic acids is 1. The zero-order valence-corrected chi connectivity index (χ0v) is 19.3. The second-order valence-electron chi connectivity index (χ2n) is 11.4. The molecule has 0 aromatic heterocycles. The van der Waals surface area contributed by atoms with Gasteiger partial charge in [0.1, 0.15) is 5.75 Å². The molecule has 7 unspecified atom stereocenters. The summed E-state index contributed by atoms with van der Waals surface area (Å²) in [6.45, 7) is 4.57. The number of ether oxygens (including phenoxy) is 1. The van der Waals surface area contributed by atoms with Gasteiger partial charge in [-0.25, -0.2) is 0 Å². The number of ketones is 1. The molecule has 180 valence electrons. The Hall–Kier alpha value is -1.82. The van der Waals surface area contributed by atoms with Gasteiger partial charge in [0.2, 0.25) is 0 Å². The Labute approximate surface area is 193 Å². The van der Waals surface area contributed by atoms with Gasteiger partial charge in [-0.1, -0.05) is 26.0 Å².